The monoisotopic (exact) mass is 484 g/mol. The minimum Gasteiger partial charge on any atom is -0.326 e. The van der Waals surface area contributed by atoms with E-state index in [-0.39, 0.29) is 29.2 Å². The fourth-order valence-corrected chi connectivity index (χ4v) is 8.84. The SMILES string of the molecule is NC1CCCN1C(=O)CNC12CC3CC(C1)CC(NS(=O)(=O)c1cccc(Cl)c1F)(C3)C2. The number of hydrogen-bond acceptors (Lipinski definition) is 5. The Bertz CT molecular complexity index is 1020. The van der Waals surface area contributed by atoms with Gasteiger partial charge in [0.1, 0.15) is 4.90 Å². The summed E-state index contributed by atoms with van der Waals surface area (Å²) < 4.78 is 43.7. The Kier molecular flexibility index (Phi) is 5.57. The van der Waals surface area contributed by atoms with Crippen molar-refractivity contribution in [1.82, 2.24) is 14.9 Å². The van der Waals surface area contributed by atoms with E-state index >= 15 is 0 Å². The summed E-state index contributed by atoms with van der Waals surface area (Å²) in [6.45, 7) is 0.897. The van der Waals surface area contributed by atoms with Gasteiger partial charge in [-0.05, 0) is 75.3 Å². The van der Waals surface area contributed by atoms with Gasteiger partial charge in [0.15, 0.2) is 5.82 Å². The van der Waals surface area contributed by atoms with Crippen LogP contribution in [0.3, 0.4) is 0 Å². The van der Waals surface area contributed by atoms with Crippen molar-refractivity contribution in [3.8, 4) is 0 Å². The molecule has 1 aliphatic heterocycles. The van der Waals surface area contributed by atoms with Crippen molar-refractivity contribution in [2.24, 2.45) is 17.6 Å². The molecule has 4 N–H and O–H groups in total. The number of sulfonamides is 1. The molecule has 1 saturated heterocycles. The van der Waals surface area contributed by atoms with Crippen LogP contribution in [0, 0.1) is 17.7 Å². The molecule has 6 rings (SSSR count). The molecule has 4 aliphatic carbocycles. The lowest BCUT2D eigenvalue weighted by Crippen LogP contribution is -2.69. The van der Waals surface area contributed by atoms with Crippen LogP contribution in [0.25, 0.3) is 0 Å². The summed E-state index contributed by atoms with van der Waals surface area (Å²) in [7, 11) is -4.08. The third kappa shape index (κ3) is 3.96. The summed E-state index contributed by atoms with van der Waals surface area (Å²) in [6, 6.07) is 4.02. The Labute approximate surface area is 193 Å². The Balaban J connectivity index is 1.35. The molecule has 1 heterocycles. The van der Waals surface area contributed by atoms with Crippen LogP contribution < -0.4 is 15.8 Å². The van der Waals surface area contributed by atoms with Crippen LogP contribution in [0.2, 0.25) is 5.02 Å². The Morgan fingerprint density at radius 2 is 1.91 bits per heavy atom. The number of nitrogens with one attached hydrogen (secondary N) is 2. The number of nitrogens with two attached hydrogens (primary N) is 1. The van der Waals surface area contributed by atoms with Crippen LogP contribution in [0.5, 0.6) is 0 Å². The van der Waals surface area contributed by atoms with E-state index in [1.54, 1.807) is 4.90 Å². The minimum absolute atomic E-state index is 0.00127. The number of halogens is 2. The number of hydrogen-bond donors (Lipinski definition) is 3. The van der Waals surface area contributed by atoms with E-state index in [1.165, 1.54) is 18.2 Å². The molecule has 0 spiro atoms. The zero-order chi connectivity index (χ0) is 22.7. The first kappa shape index (κ1) is 22.5. The van der Waals surface area contributed by atoms with Gasteiger partial charge in [0.05, 0.1) is 17.7 Å². The predicted octanol–water partition coefficient (Wildman–Crippen LogP) is 2.35. The number of amides is 1. The summed E-state index contributed by atoms with van der Waals surface area (Å²) in [5.74, 6) is -0.173. The van der Waals surface area contributed by atoms with Gasteiger partial charge in [0.2, 0.25) is 15.9 Å². The van der Waals surface area contributed by atoms with Gasteiger partial charge in [0.25, 0.3) is 0 Å². The maximum absolute atomic E-state index is 14.5. The molecule has 7 nitrogen and oxygen atoms in total. The molecule has 4 saturated carbocycles. The first-order chi connectivity index (χ1) is 15.1. The van der Waals surface area contributed by atoms with Crippen LogP contribution in [0.15, 0.2) is 23.1 Å². The molecular formula is C22H30ClFN4O3S. The maximum atomic E-state index is 14.5. The molecule has 0 radical (unpaired) electrons. The Morgan fingerprint density at radius 1 is 1.22 bits per heavy atom. The number of rotatable bonds is 6. The summed E-state index contributed by atoms with van der Waals surface area (Å²) >= 11 is 5.83. The highest BCUT2D eigenvalue weighted by Crippen LogP contribution is 2.57. The lowest BCUT2D eigenvalue weighted by molar-refractivity contribution is -0.132. The summed E-state index contributed by atoms with van der Waals surface area (Å²) in [4.78, 5) is 14.0. The lowest BCUT2D eigenvalue weighted by atomic mass is 9.50. The average Bonchev–Trinajstić information content (AvgIpc) is 3.12. The van der Waals surface area contributed by atoms with Crippen molar-refractivity contribution in [3.05, 3.63) is 29.0 Å². The highest BCUT2D eigenvalue weighted by atomic mass is 35.5. The van der Waals surface area contributed by atoms with Crippen molar-refractivity contribution in [2.75, 3.05) is 13.1 Å². The third-order valence-electron chi connectivity index (χ3n) is 7.85. The number of likely N-dealkylation sites (tertiary alicyclic amines) is 1. The fraction of sp³-hybridized carbons (Fsp3) is 0.682. The molecule has 5 aliphatic rings. The second-order valence-electron chi connectivity index (χ2n) is 10.3. The molecule has 3 unspecified atom stereocenters. The van der Waals surface area contributed by atoms with E-state index in [0.29, 0.717) is 24.8 Å². The van der Waals surface area contributed by atoms with Crippen LogP contribution in [-0.4, -0.2) is 49.6 Å². The standard InChI is InChI=1S/C22H30ClFN4O3S/c23-16-3-1-4-17(20(16)24)32(30,31)27-22-10-14-7-15(11-22)9-21(8-14,13-22)26-12-19(29)28-6-2-5-18(28)25/h1,3-4,14-15,18,26-27H,2,5-13,25H2. The van der Waals surface area contributed by atoms with Gasteiger partial charge in [-0.2, -0.15) is 0 Å². The number of carbonyl (C=O) groups excluding carboxylic acids is 1. The van der Waals surface area contributed by atoms with E-state index in [2.05, 4.69) is 10.0 Å². The first-order valence-electron chi connectivity index (χ1n) is 11.4. The third-order valence-corrected chi connectivity index (χ3v) is 9.74. The molecule has 32 heavy (non-hydrogen) atoms. The second-order valence-corrected chi connectivity index (χ2v) is 12.4. The predicted molar refractivity (Wildman–Crippen MR) is 119 cm³/mol. The van der Waals surface area contributed by atoms with Crippen molar-refractivity contribution >= 4 is 27.5 Å². The molecule has 1 aromatic rings. The van der Waals surface area contributed by atoms with Gasteiger partial charge in [-0.1, -0.05) is 17.7 Å². The largest absolute Gasteiger partial charge is 0.326 e. The summed E-state index contributed by atoms with van der Waals surface area (Å²) in [5, 5.41) is 3.31. The summed E-state index contributed by atoms with van der Waals surface area (Å²) in [6.07, 6.45) is 6.52. The maximum Gasteiger partial charge on any atom is 0.244 e. The van der Waals surface area contributed by atoms with Crippen LogP contribution >= 0.6 is 11.6 Å². The number of benzene rings is 1. The number of nitrogens with zero attached hydrogens (tertiary/aromatic N) is 1. The van der Waals surface area contributed by atoms with Crippen LogP contribution in [0.4, 0.5) is 4.39 Å². The molecule has 0 aromatic heterocycles. The highest BCUT2D eigenvalue weighted by molar-refractivity contribution is 7.89. The van der Waals surface area contributed by atoms with Crippen LogP contribution in [-0.2, 0) is 14.8 Å². The molecule has 3 atom stereocenters. The zero-order valence-electron chi connectivity index (χ0n) is 17.9. The van der Waals surface area contributed by atoms with Crippen LogP contribution in [0.1, 0.15) is 51.4 Å². The molecular weight excluding hydrogens is 455 g/mol. The van der Waals surface area contributed by atoms with Crippen molar-refractivity contribution in [2.45, 2.75) is 73.5 Å². The van der Waals surface area contributed by atoms with E-state index in [1.807, 2.05) is 0 Å². The molecule has 4 bridgehead atoms. The molecule has 10 heteroatoms. The zero-order valence-corrected chi connectivity index (χ0v) is 19.5. The molecule has 5 fully saturated rings. The van der Waals surface area contributed by atoms with Gasteiger partial charge in [-0.3, -0.25) is 4.79 Å². The summed E-state index contributed by atoms with van der Waals surface area (Å²) in [5.41, 5.74) is 5.11. The first-order valence-corrected chi connectivity index (χ1v) is 13.2. The minimum atomic E-state index is -4.08. The Hall–Kier alpha value is -1.26. The quantitative estimate of drug-likeness (QED) is 0.575. The highest BCUT2D eigenvalue weighted by Gasteiger charge is 2.59. The van der Waals surface area contributed by atoms with Gasteiger partial charge in [0, 0.05) is 17.6 Å². The van der Waals surface area contributed by atoms with E-state index in [4.69, 9.17) is 17.3 Å². The van der Waals surface area contributed by atoms with Crippen molar-refractivity contribution in [3.63, 3.8) is 0 Å². The molecule has 176 valence electrons. The van der Waals surface area contributed by atoms with Crippen molar-refractivity contribution < 1.29 is 17.6 Å². The van der Waals surface area contributed by atoms with Gasteiger partial charge >= 0.3 is 0 Å². The molecule has 1 amide bonds. The van der Waals surface area contributed by atoms with Gasteiger partial charge in [-0.15, -0.1) is 0 Å². The number of carbonyl (C=O) groups is 1. The smallest absolute Gasteiger partial charge is 0.244 e. The lowest BCUT2D eigenvalue weighted by Gasteiger charge is -2.62. The normalized spacial score (nSPS) is 36.1. The van der Waals surface area contributed by atoms with Gasteiger partial charge < -0.3 is 16.0 Å². The topological polar surface area (TPSA) is 105 Å². The van der Waals surface area contributed by atoms with E-state index in [0.717, 1.165) is 44.9 Å². The fourth-order valence-electron chi connectivity index (χ4n) is 7.09. The van der Waals surface area contributed by atoms with Crippen molar-refractivity contribution in [1.29, 1.82) is 0 Å². The van der Waals surface area contributed by atoms with E-state index < -0.39 is 26.3 Å². The van der Waals surface area contributed by atoms with E-state index in [9.17, 15) is 17.6 Å². The average molecular weight is 485 g/mol. The van der Waals surface area contributed by atoms with Gasteiger partial charge in [-0.25, -0.2) is 17.5 Å². The molecule has 1 aromatic carbocycles. The second kappa shape index (κ2) is 7.91. The Morgan fingerprint density at radius 3 is 2.56 bits per heavy atom.